The number of rotatable bonds is 1. The van der Waals surface area contributed by atoms with Crippen molar-refractivity contribution in [1.82, 2.24) is 4.40 Å². The Labute approximate surface area is 133 Å². The molecule has 0 radical (unpaired) electrons. The Hall–Kier alpha value is -1.29. The van der Waals surface area contributed by atoms with Gasteiger partial charge in [0.05, 0.1) is 5.52 Å². The maximum atomic E-state index is 12.4. The number of pyridine rings is 2. The highest BCUT2D eigenvalue weighted by molar-refractivity contribution is 9.10. The molecule has 112 valence electrons. The van der Waals surface area contributed by atoms with Crippen LogP contribution in [0, 0.1) is 12.3 Å². The van der Waals surface area contributed by atoms with Gasteiger partial charge >= 0.3 is 0 Å². The number of hydrogen-bond acceptors (Lipinski definition) is 2. The monoisotopic (exact) mass is 348 g/mol. The molecule has 0 saturated carbocycles. The molecule has 0 amide bonds. The van der Waals surface area contributed by atoms with Crippen molar-refractivity contribution in [2.45, 2.75) is 33.6 Å². The quantitative estimate of drug-likeness (QED) is 0.778. The van der Waals surface area contributed by atoms with Gasteiger partial charge in [-0.15, -0.1) is 0 Å². The summed E-state index contributed by atoms with van der Waals surface area (Å²) in [5.74, 6) is 0. The van der Waals surface area contributed by atoms with Crippen molar-refractivity contribution in [2.24, 2.45) is 5.41 Å². The van der Waals surface area contributed by atoms with Crippen molar-refractivity contribution in [3.8, 4) is 0 Å². The average Bonchev–Trinajstić information content (AvgIpc) is 2.40. The van der Waals surface area contributed by atoms with E-state index >= 15 is 0 Å². The number of aromatic nitrogens is 1. The van der Waals surface area contributed by atoms with Gasteiger partial charge in [-0.3, -0.25) is 9.20 Å². The van der Waals surface area contributed by atoms with Crippen molar-refractivity contribution in [2.75, 3.05) is 18.0 Å². The average molecular weight is 349 g/mol. The van der Waals surface area contributed by atoms with E-state index in [1.165, 1.54) is 12.8 Å². The third-order valence-corrected chi connectivity index (χ3v) is 5.10. The van der Waals surface area contributed by atoms with Crippen molar-refractivity contribution in [3.63, 3.8) is 0 Å². The lowest BCUT2D eigenvalue weighted by atomic mass is 9.82. The number of nitrogens with zero attached hydrogens (tertiary/aromatic N) is 2. The summed E-state index contributed by atoms with van der Waals surface area (Å²) in [7, 11) is 0. The molecule has 0 aliphatic carbocycles. The Balaban J connectivity index is 2.04. The van der Waals surface area contributed by atoms with Crippen LogP contribution in [-0.4, -0.2) is 17.5 Å². The van der Waals surface area contributed by atoms with E-state index in [9.17, 15) is 4.79 Å². The first-order valence-corrected chi connectivity index (χ1v) is 8.23. The van der Waals surface area contributed by atoms with E-state index < -0.39 is 0 Å². The van der Waals surface area contributed by atoms with Gasteiger partial charge in [-0.25, -0.2) is 0 Å². The zero-order valence-electron chi connectivity index (χ0n) is 12.8. The van der Waals surface area contributed by atoms with Crippen LogP contribution < -0.4 is 10.5 Å². The maximum Gasteiger partial charge on any atom is 0.257 e. The van der Waals surface area contributed by atoms with E-state index in [0.29, 0.717) is 5.41 Å². The molecule has 3 nitrogen and oxygen atoms in total. The predicted octanol–water partition coefficient (Wildman–Crippen LogP) is 4.00. The fraction of sp³-hybridized carbons (Fsp3) is 0.471. The SMILES string of the molecule is Cc1cc(Br)c2cc(N3CCC(C)(C)CC3)cc(=O)n2c1. The molecule has 0 bridgehead atoms. The third-order valence-electron chi connectivity index (χ3n) is 4.47. The molecule has 21 heavy (non-hydrogen) atoms. The number of aryl methyl sites for hydroxylation is 1. The second-order valence-corrected chi connectivity index (χ2v) is 7.68. The van der Waals surface area contributed by atoms with Crippen molar-refractivity contribution >= 4 is 27.1 Å². The molecule has 1 aliphatic rings. The van der Waals surface area contributed by atoms with E-state index in [-0.39, 0.29) is 5.56 Å². The lowest BCUT2D eigenvalue weighted by molar-refractivity contribution is 0.280. The van der Waals surface area contributed by atoms with Gasteiger partial charge in [-0.05, 0) is 58.8 Å². The molecule has 3 rings (SSSR count). The van der Waals surface area contributed by atoms with E-state index in [1.54, 1.807) is 10.5 Å². The molecule has 2 aromatic heterocycles. The van der Waals surface area contributed by atoms with Crippen molar-refractivity contribution < 1.29 is 0 Å². The summed E-state index contributed by atoms with van der Waals surface area (Å²) in [6, 6.07) is 5.93. The minimum Gasteiger partial charge on any atom is -0.371 e. The molecule has 0 aromatic carbocycles. The second kappa shape index (κ2) is 5.16. The number of piperidine rings is 1. The van der Waals surface area contributed by atoms with Crippen LogP contribution >= 0.6 is 15.9 Å². The lowest BCUT2D eigenvalue weighted by Gasteiger charge is -2.38. The molecule has 0 N–H and O–H groups in total. The highest BCUT2D eigenvalue weighted by Crippen LogP contribution is 2.32. The van der Waals surface area contributed by atoms with Crippen LogP contribution in [0.4, 0.5) is 5.69 Å². The maximum absolute atomic E-state index is 12.4. The van der Waals surface area contributed by atoms with E-state index in [1.807, 2.05) is 13.1 Å². The van der Waals surface area contributed by atoms with E-state index in [2.05, 4.69) is 46.8 Å². The van der Waals surface area contributed by atoms with Gasteiger partial charge in [-0.1, -0.05) is 13.8 Å². The number of halogens is 1. The molecule has 1 aliphatic heterocycles. The predicted molar refractivity (Wildman–Crippen MR) is 91.3 cm³/mol. The minimum atomic E-state index is 0.0386. The first-order valence-electron chi connectivity index (χ1n) is 7.43. The lowest BCUT2D eigenvalue weighted by Crippen LogP contribution is -2.37. The Kier molecular flexibility index (Phi) is 3.60. The fourth-order valence-corrected chi connectivity index (χ4v) is 3.62. The molecule has 0 unspecified atom stereocenters. The Morgan fingerprint density at radius 1 is 1.14 bits per heavy atom. The summed E-state index contributed by atoms with van der Waals surface area (Å²) >= 11 is 3.58. The number of fused-ring (bicyclic) bond motifs is 1. The zero-order valence-corrected chi connectivity index (χ0v) is 14.4. The summed E-state index contributed by atoms with van der Waals surface area (Å²) in [4.78, 5) is 14.7. The third kappa shape index (κ3) is 2.86. The Bertz CT molecular complexity index is 738. The summed E-state index contributed by atoms with van der Waals surface area (Å²) in [5.41, 5.74) is 3.51. The first kappa shape index (κ1) is 14.6. The summed E-state index contributed by atoms with van der Waals surface area (Å²) in [5, 5.41) is 0. The fourth-order valence-electron chi connectivity index (χ4n) is 2.95. The summed E-state index contributed by atoms with van der Waals surface area (Å²) in [6.45, 7) is 8.67. The van der Waals surface area contributed by atoms with Gasteiger partial charge in [0, 0.05) is 35.5 Å². The topological polar surface area (TPSA) is 24.7 Å². The molecule has 1 fully saturated rings. The van der Waals surface area contributed by atoms with Crippen LogP contribution in [0.5, 0.6) is 0 Å². The van der Waals surface area contributed by atoms with Gasteiger partial charge in [0.2, 0.25) is 0 Å². The normalized spacial score (nSPS) is 18.2. The molecule has 2 aromatic rings. The van der Waals surface area contributed by atoms with Gasteiger partial charge < -0.3 is 4.90 Å². The molecular weight excluding hydrogens is 328 g/mol. The molecule has 3 heterocycles. The van der Waals surface area contributed by atoms with Crippen LogP contribution in [0.15, 0.2) is 33.7 Å². The van der Waals surface area contributed by atoms with Crippen LogP contribution in [0.25, 0.3) is 5.52 Å². The molecule has 0 spiro atoms. The Morgan fingerprint density at radius 2 is 1.81 bits per heavy atom. The van der Waals surface area contributed by atoms with E-state index in [4.69, 9.17) is 0 Å². The highest BCUT2D eigenvalue weighted by atomic mass is 79.9. The van der Waals surface area contributed by atoms with Gasteiger partial charge in [-0.2, -0.15) is 0 Å². The summed E-state index contributed by atoms with van der Waals surface area (Å²) in [6.07, 6.45) is 4.23. The van der Waals surface area contributed by atoms with Crippen LogP contribution in [-0.2, 0) is 0 Å². The number of anilines is 1. The first-order chi connectivity index (χ1) is 9.85. The van der Waals surface area contributed by atoms with Crippen molar-refractivity contribution in [3.05, 3.63) is 44.8 Å². The van der Waals surface area contributed by atoms with Crippen LogP contribution in [0.3, 0.4) is 0 Å². The van der Waals surface area contributed by atoms with Gasteiger partial charge in [0.25, 0.3) is 5.56 Å². The Morgan fingerprint density at radius 3 is 2.48 bits per heavy atom. The van der Waals surface area contributed by atoms with Gasteiger partial charge in [0.1, 0.15) is 0 Å². The standard InChI is InChI=1S/C17H21BrN2O/c1-12-8-14(18)15-9-13(10-16(21)20(15)11-12)19-6-4-17(2,3)5-7-19/h8-11H,4-7H2,1-3H3. The zero-order chi connectivity index (χ0) is 15.2. The van der Waals surface area contributed by atoms with Gasteiger partial charge in [0.15, 0.2) is 0 Å². The second-order valence-electron chi connectivity index (χ2n) is 6.82. The highest BCUT2D eigenvalue weighted by Gasteiger charge is 2.25. The molecule has 1 saturated heterocycles. The largest absolute Gasteiger partial charge is 0.371 e. The molecule has 0 atom stereocenters. The molecule has 4 heteroatoms. The molecular formula is C17H21BrN2O. The number of hydrogen-bond donors (Lipinski definition) is 0. The van der Waals surface area contributed by atoms with Crippen LogP contribution in [0.2, 0.25) is 0 Å². The van der Waals surface area contributed by atoms with Crippen molar-refractivity contribution in [1.29, 1.82) is 0 Å². The van der Waals surface area contributed by atoms with E-state index in [0.717, 1.165) is 34.3 Å². The minimum absolute atomic E-state index is 0.0386. The smallest absolute Gasteiger partial charge is 0.257 e. The van der Waals surface area contributed by atoms with Crippen LogP contribution in [0.1, 0.15) is 32.3 Å². The summed E-state index contributed by atoms with van der Waals surface area (Å²) < 4.78 is 2.69.